The molecule has 0 spiro atoms. The Bertz CT molecular complexity index is 1020. The molecule has 0 aliphatic heterocycles. The largest absolute Gasteiger partial charge is 0.365 e. The molecule has 138 valence electrons. The molecule has 0 bridgehead atoms. The van der Waals surface area contributed by atoms with Crippen molar-refractivity contribution in [1.82, 2.24) is 19.9 Å². The van der Waals surface area contributed by atoms with Crippen LogP contribution in [-0.4, -0.2) is 32.5 Å². The van der Waals surface area contributed by atoms with E-state index < -0.39 is 5.91 Å². The van der Waals surface area contributed by atoms with Crippen LogP contribution in [-0.2, 0) is 19.3 Å². The van der Waals surface area contributed by atoms with E-state index in [0.29, 0.717) is 29.0 Å². The van der Waals surface area contributed by atoms with Crippen LogP contribution in [0, 0.1) is 0 Å². The number of aromatic nitrogens is 3. The average Bonchev–Trinajstić information content (AvgIpc) is 3.21. The van der Waals surface area contributed by atoms with Crippen LogP contribution in [0.5, 0.6) is 0 Å². The summed E-state index contributed by atoms with van der Waals surface area (Å²) in [4.78, 5) is 29.0. The second-order valence-corrected chi connectivity index (χ2v) is 6.85. The Morgan fingerprint density at radius 2 is 1.93 bits per heavy atom. The van der Waals surface area contributed by atoms with Gasteiger partial charge in [0.25, 0.3) is 11.8 Å². The summed E-state index contributed by atoms with van der Waals surface area (Å²) in [5.74, 6) is -0.813. The van der Waals surface area contributed by atoms with Gasteiger partial charge in [0.15, 0.2) is 5.65 Å². The van der Waals surface area contributed by atoms with Gasteiger partial charge in [-0.1, -0.05) is 37.6 Å². The fraction of sp³-hybridized carbons (Fsp3) is 0.300. The first-order valence-electron chi connectivity index (χ1n) is 9.12. The van der Waals surface area contributed by atoms with Crippen LogP contribution < -0.4 is 11.1 Å². The maximum atomic E-state index is 12.9. The molecule has 27 heavy (non-hydrogen) atoms. The molecule has 7 nitrogen and oxygen atoms in total. The lowest BCUT2D eigenvalue weighted by atomic mass is 10.1. The normalized spacial score (nSPS) is 13.7. The van der Waals surface area contributed by atoms with E-state index in [1.807, 2.05) is 19.1 Å². The van der Waals surface area contributed by atoms with E-state index in [4.69, 9.17) is 5.73 Å². The van der Waals surface area contributed by atoms with Gasteiger partial charge in [-0.3, -0.25) is 9.59 Å². The maximum Gasteiger partial charge on any atom is 0.270 e. The SMILES string of the molecule is CCCc1nn2c(C(=O)NC3Cc4ccccc4C3)ccnc2c1C(N)=O. The van der Waals surface area contributed by atoms with Crippen molar-refractivity contribution >= 4 is 17.5 Å². The number of fused-ring (bicyclic) bond motifs is 2. The van der Waals surface area contributed by atoms with Gasteiger partial charge in [0.2, 0.25) is 0 Å². The number of benzene rings is 1. The zero-order valence-electron chi connectivity index (χ0n) is 15.1. The number of rotatable bonds is 5. The van der Waals surface area contributed by atoms with Crippen molar-refractivity contribution in [1.29, 1.82) is 0 Å². The Morgan fingerprint density at radius 3 is 2.56 bits per heavy atom. The molecule has 2 heterocycles. The number of primary amides is 1. The van der Waals surface area contributed by atoms with Gasteiger partial charge >= 0.3 is 0 Å². The average molecular weight is 363 g/mol. The van der Waals surface area contributed by atoms with Crippen molar-refractivity contribution in [2.75, 3.05) is 0 Å². The van der Waals surface area contributed by atoms with Crippen LogP contribution >= 0.6 is 0 Å². The minimum atomic E-state index is -0.579. The number of hydrogen-bond donors (Lipinski definition) is 2. The van der Waals surface area contributed by atoms with Crippen LogP contribution in [0.25, 0.3) is 5.65 Å². The van der Waals surface area contributed by atoms with E-state index in [1.54, 1.807) is 6.07 Å². The second-order valence-electron chi connectivity index (χ2n) is 6.85. The lowest BCUT2D eigenvalue weighted by Gasteiger charge is -2.12. The minimum absolute atomic E-state index is 0.0411. The number of aryl methyl sites for hydroxylation is 1. The molecule has 0 fully saturated rings. The van der Waals surface area contributed by atoms with Crippen LogP contribution in [0.4, 0.5) is 0 Å². The molecule has 1 aliphatic rings. The highest BCUT2D eigenvalue weighted by atomic mass is 16.2. The summed E-state index contributed by atoms with van der Waals surface area (Å²) in [6.07, 6.45) is 4.54. The molecule has 2 aromatic heterocycles. The summed E-state index contributed by atoms with van der Waals surface area (Å²) < 4.78 is 1.43. The molecular formula is C20H21N5O2. The molecule has 7 heteroatoms. The molecule has 2 amide bonds. The molecule has 1 aromatic carbocycles. The molecule has 0 atom stereocenters. The smallest absolute Gasteiger partial charge is 0.270 e. The van der Waals surface area contributed by atoms with Crippen molar-refractivity contribution in [3.8, 4) is 0 Å². The van der Waals surface area contributed by atoms with Crippen molar-refractivity contribution < 1.29 is 9.59 Å². The Morgan fingerprint density at radius 1 is 1.22 bits per heavy atom. The molecule has 0 unspecified atom stereocenters. The molecule has 0 saturated carbocycles. The van der Waals surface area contributed by atoms with Gasteiger partial charge in [-0.15, -0.1) is 0 Å². The van der Waals surface area contributed by atoms with Crippen LogP contribution in [0.15, 0.2) is 36.5 Å². The van der Waals surface area contributed by atoms with Crippen molar-refractivity contribution in [3.63, 3.8) is 0 Å². The Balaban J connectivity index is 1.65. The fourth-order valence-electron chi connectivity index (χ4n) is 3.75. The van der Waals surface area contributed by atoms with Gasteiger partial charge in [0.1, 0.15) is 11.3 Å². The van der Waals surface area contributed by atoms with E-state index >= 15 is 0 Å². The van der Waals surface area contributed by atoms with Crippen LogP contribution in [0.1, 0.15) is 51.0 Å². The molecule has 4 rings (SSSR count). The predicted octanol–water partition coefficient (Wildman–Crippen LogP) is 1.68. The number of nitrogens with zero attached hydrogens (tertiary/aromatic N) is 3. The molecule has 3 N–H and O–H groups in total. The number of carbonyl (C=O) groups is 2. The lowest BCUT2D eigenvalue weighted by molar-refractivity contribution is 0.0929. The van der Waals surface area contributed by atoms with E-state index in [1.165, 1.54) is 21.8 Å². The van der Waals surface area contributed by atoms with Crippen molar-refractivity contribution in [3.05, 3.63) is 64.6 Å². The highest BCUT2D eigenvalue weighted by Crippen LogP contribution is 2.22. The summed E-state index contributed by atoms with van der Waals surface area (Å²) in [5, 5.41) is 7.53. The van der Waals surface area contributed by atoms with Crippen molar-refractivity contribution in [2.45, 2.75) is 38.6 Å². The van der Waals surface area contributed by atoms with Gasteiger partial charge in [-0.2, -0.15) is 5.10 Å². The number of nitrogens with one attached hydrogen (secondary N) is 1. The molecule has 0 radical (unpaired) electrons. The van der Waals surface area contributed by atoms with Gasteiger partial charge in [-0.05, 0) is 36.5 Å². The van der Waals surface area contributed by atoms with E-state index in [9.17, 15) is 9.59 Å². The summed E-state index contributed by atoms with van der Waals surface area (Å²) in [6.45, 7) is 1.99. The van der Waals surface area contributed by atoms with Gasteiger partial charge in [-0.25, -0.2) is 9.50 Å². The second kappa shape index (κ2) is 6.83. The van der Waals surface area contributed by atoms with Gasteiger partial charge in [0, 0.05) is 12.2 Å². The summed E-state index contributed by atoms with van der Waals surface area (Å²) >= 11 is 0. The third-order valence-electron chi connectivity index (χ3n) is 4.94. The summed E-state index contributed by atoms with van der Waals surface area (Å²) in [7, 11) is 0. The first kappa shape index (κ1) is 17.2. The number of hydrogen-bond acceptors (Lipinski definition) is 4. The first-order valence-corrected chi connectivity index (χ1v) is 9.12. The van der Waals surface area contributed by atoms with Crippen molar-refractivity contribution in [2.24, 2.45) is 5.73 Å². The zero-order valence-corrected chi connectivity index (χ0v) is 15.1. The Kier molecular flexibility index (Phi) is 4.35. The van der Waals surface area contributed by atoms with Crippen LogP contribution in [0.3, 0.4) is 0 Å². The zero-order chi connectivity index (χ0) is 19.0. The highest BCUT2D eigenvalue weighted by Gasteiger charge is 2.25. The van der Waals surface area contributed by atoms with E-state index in [-0.39, 0.29) is 11.9 Å². The van der Waals surface area contributed by atoms with E-state index in [0.717, 1.165) is 19.3 Å². The van der Waals surface area contributed by atoms with Crippen LogP contribution in [0.2, 0.25) is 0 Å². The summed E-state index contributed by atoms with van der Waals surface area (Å²) in [6, 6.07) is 9.86. The Hall–Kier alpha value is -3.22. The topological polar surface area (TPSA) is 102 Å². The highest BCUT2D eigenvalue weighted by molar-refractivity contribution is 6.01. The monoisotopic (exact) mass is 363 g/mol. The number of nitrogens with two attached hydrogens (primary N) is 1. The molecule has 1 aliphatic carbocycles. The fourth-order valence-corrected chi connectivity index (χ4v) is 3.75. The molecule has 0 saturated heterocycles. The lowest BCUT2D eigenvalue weighted by Crippen LogP contribution is -2.36. The molecule has 3 aromatic rings. The van der Waals surface area contributed by atoms with Gasteiger partial charge < -0.3 is 11.1 Å². The first-order chi connectivity index (χ1) is 13.1. The number of amides is 2. The Labute approximate surface area is 156 Å². The summed E-state index contributed by atoms with van der Waals surface area (Å²) in [5.41, 5.74) is 9.60. The van der Waals surface area contributed by atoms with Gasteiger partial charge in [0.05, 0.1) is 5.69 Å². The predicted molar refractivity (Wildman–Crippen MR) is 101 cm³/mol. The number of carbonyl (C=O) groups excluding carboxylic acids is 2. The van der Waals surface area contributed by atoms with E-state index in [2.05, 4.69) is 27.5 Å². The molecular weight excluding hydrogens is 342 g/mol. The standard InChI is InChI=1S/C20H21N5O2/c1-2-5-15-17(18(21)26)19-22-9-8-16(25(19)24-15)20(27)23-14-10-12-6-3-4-7-13(12)11-14/h3-4,6-9,14H,2,5,10-11H2,1H3,(H2,21,26)(H,23,27). The quantitative estimate of drug-likeness (QED) is 0.720. The minimum Gasteiger partial charge on any atom is -0.365 e. The third kappa shape index (κ3) is 3.05. The third-order valence-corrected chi connectivity index (χ3v) is 4.94. The maximum absolute atomic E-state index is 12.9.